The van der Waals surface area contributed by atoms with Gasteiger partial charge in [0.15, 0.2) is 0 Å². The van der Waals surface area contributed by atoms with Crippen LogP contribution in [0.25, 0.3) is 10.9 Å². The topological polar surface area (TPSA) is 46.8 Å². The Hall–Kier alpha value is -1.85. The summed E-state index contributed by atoms with van der Waals surface area (Å²) in [4.78, 5) is 11.1. The first-order valence-corrected chi connectivity index (χ1v) is 7.69. The van der Waals surface area contributed by atoms with E-state index >= 15 is 0 Å². The second-order valence-electron chi connectivity index (χ2n) is 5.14. The Labute approximate surface area is 138 Å². The average Bonchev–Trinajstić information content (AvgIpc) is 2.90. The van der Waals surface area contributed by atoms with Crippen LogP contribution in [-0.2, 0) is 19.5 Å². The molecular formula is C15H15Cl2N5. The monoisotopic (exact) mass is 335 g/mol. The van der Waals surface area contributed by atoms with Gasteiger partial charge in [-0.3, -0.25) is 4.68 Å². The van der Waals surface area contributed by atoms with E-state index in [9.17, 15) is 0 Å². The van der Waals surface area contributed by atoms with Crippen molar-refractivity contribution in [1.82, 2.24) is 19.7 Å². The van der Waals surface area contributed by atoms with Crippen molar-refractivity contribution in [2.45, 2.75) is 12.4 Å². The summed E-state index contributed by atoms with van der Waals surface area (Å²) in [5, 5.41) is 5.78. The number of aryl methyl sites for hydroxylation is 1. The van der Waals surface area contributed by atoms with Crippen molar-refractivity contribution < 1.29 is 0 Å². The summed E-state index contributed by atoms with van der Waals surface area (Å²) in [6, 6.07) is 5.61. The number of fused-ring (bicyclic) bond motifs is 1. The van der Waals surface area contributed by atoms with Gasteiger partial charge in [-0.05, 0) is 18.2 Å². The molecule has 3 aromatic rings. The molecule has 22 heavy (non-hydrogen) atoms. The Morgan fingerprint density at radius 1 is 1.27 bits per heavy atom. The molecule has 0 fully saturated rings. The first-order chi connectivity index (χ1) is 10.6. The van der Waals surface area contributed by atoms with Crippen LogP contribution in [-0.4, -0.2) is 26.8 Å². The smallest absolute Gasteiger partial charge is 0.146 e. The van der Waals surface area contributed by atoms with Crippen molar-refractivity contribution in [2.75, 3.05) is 11.9 Å². The predicted molar refractivity (Wildman–Crippen MR) is 89.4 cm³/mol. The Bertz CT molecular complexity index is 815. The molecule has 0 N–H and O–H groups in total. The minimum Gasteiger partial charge on any atom is -0.355 e. The van der Waals surface area contributed by atoms with Crippen LogP contribution < -0.4 is 4.90 Å². The molecule has 5 nitrogen and oxygen atoms in total. The van der Waals surface area contributed by atoms with E-state index in [4.69, 9.17) is 23.2 Å². The zero-order chi connectivity index (χ0) is 15.7. The molecule has 0 unspecified atom stereocenters. The van der Waals surface area contributed by atoms with Gasteiger partial charge in [-0.2, -0.15) is 5.10 Å². The molecule has 0 spiro atoms. The summed E-state index contributed by atoms with van der Waals surface area (Å²) < 4.78 is 1.78. The Balaban J connectivity index is 2.04. The fraction of sp³-hybridized carbons (Fsp3) is 0.267. The molecule has 2 aromatic heterocycles. The molecule has 114 valence electrons. The zero-order valence-electron chi connectivity index (χ0n) is 12.3. The maximum absolute atomic E-state index is 6.06. The number of benzene rings is 1. The number of rotatable bonds is 4. The summed E-state index contributed by atoms with van der Waals surface area (Å²) in [5.74, 6) is 1.68. The summed E-state index contributed by atoms with van der Waals surface area (Å²) in [6.07, 6.45) is 3.83. The van der Waals surface area contributed by atoms with Crippen LogP contribution in [0.2, 0.25) is 5.02 Å². The second kappa shape index (κ2) is 6.10. The molecule has 0 aliphatic heterocycles. The number of nitrogens with zero attached hydrogens (tertiary/aromatic N) is 5. The fourth-order valence-corrected chi connectivity index (χ4v) is 2.67. The molecule has 0 bridgehead atoms. The molecule has 0 aliphatic carbocycles. The van der Waals surface area contributed by atoms with Gasteiger partial charge in [0.1, 0.15) is 11.6 Å². The third-order valence-electron chi connectivity index (χ3n) is 3.34. The summed E-state index contributed by atoms with van der Waals surface area (Å²) >= 11 is 12.0. The number of alkyl halides is 1. The van der Waals surface area contributed by atoms with Crippen molar-refractivity contribution in [2.24, 2.45) is 7.05 Å². The van der Waals surface area contributed by atoms with Crippen molar-refractivity contribution in [1.29, 1.82) is 0 Å². The van der Waals surface area contributed by atoms with Gasteiger partial charge in [0, 0.05) is 42.8 Å². The highest BCUT2D eigenvalue weighted by Crippen LogP contribution is 2.27. The lowest BCUT2D eigenvalue weighted by Gasteiger charge is -2.19. The molecule has 0 radical (unpaired) electrons. The second-order valence-corrected chi connectivity index (χ2v) is 5.84. The van der Waals surface area contributed by atoms with E-state index < -0.39 is 0 Å². The average molecular weight is 336 g/mol. The highest BCUT2D eigenvalue weighted by Gasteiger charge is 2.13. The van der Waals surface area contributed by atoms with Crippen LogP contribution in [0.15, 0.2) is 30.6 Å². The van der Waals surface area contributed by atoms with Gasteiger partial charge in [0.05, 0.1) is 17.6 Å². The molecule has 0 atom stereocenters. The largest absolute Gasteiger partial charge is 0.355 e. The lowest BCUT2D eigenvalue weighted by atomic mass is 10.2. The van der Waals surface area contributed by atoms with Gasteiger partial charge >= 0.3 is 0 Å². The number of aromatic nitrogens is 4. The van der Waals surface area contributed by atoms with Gasteiger partial charge in [0.2, 0.25) is 0 Å². The zero-order valence-corrected chi connectivity index (χ0v) is 13.8. The molecule has 0 saturated heterocycles. The fourth-order valence-electron chi connectivity index (χ4n) is 2.39. The SMILES string of the molecule is CN(Cc1cnn(C)c1)c1nc(CCl)nc2cc(Cl)ccc12. The maximum atomic E-state index is 6.06. The predicted octanol–water partition coefficient (Wildman–Crippen LogP) is 3.39. The molecule has 3 rings (SSSR count). The summed E-state index contributed by atoms with van der Waals surface area (Å²) in [7, 11) is 3.89. The van der Waals surface area contributed by atoms with Crippen LogP contribution in [0.5, 0.6) is 0 Å². The quantitative estimate of drug-likeness (QED) is 0.685. The first-order valence-electron chi connectivity index (χ1n) is 6.77. The highest BCUT2D eigenvalue weighted by molar-refractivity contribution is 6.31. The van der Waals surface area contributed by atoms with Crippen LogP contribution in [0.4, 0.5) is 5.82 Å². The van der Waals surface area contributed by atoms with Crippen LogP contribution >= 0.6 is 23.2 Å². The van der Waals surface area contributed by atoms with E-state index in [1.54, 1.807) is 4.68 Å². The minimum absolute atomic E-state index is 0.260. The number of anilines is 1. The van der Waals surface area contributed by atoms with Crippen molar-refractivity contribution in [3.8, 4) is 0 Å². The van der Waals surface area contributed by atoms with Gasteiger partial charge < -0.3 is 4.90 Å². The first kappa shape index (κ1) is 15.1. The van der Waals surface area contributed by atoms with Gasteiger partial charge in [0.25, 0.3) is 0 Å². The van der Waals surface area contributed by atoms with E-state index in [2.05, 4.69) is 20.0 Å². The van der Waals surface area contributed by atoms with Gasteiger partial charge in [-0.15, -0.1) is 11.6 Å². The number of hydrogen-bond acceptors (Lipinski definition) is 4. The molecule has 0 amide bonds. The van der Waals surface area contributed by atoms with E-state index in [0.717, 1.165) is 22.3 Å². The standard InChI is InChI=1S/C15H15Cl2N5/c1-21(8-10-7-18-22(2)9-10)15-12-4-3-11(17)5-13(12)19-14(6-16)20-15/h3-5,7,9H,6,8H2,1-2H3. The lowest BCUT2D eigenvalue weighted by Crippen LogP contribution is -2.18. The Morgan fingerprint density at radius 3 is 2.77 bits per heavy atom. The van der Waals surface area contributed by atoms with E-state index in [1.165, 1.54) is 0 Å². The minimum atomic E-state index is 0.260. The van der Waals surface area contributed by atoms with Crippen molar-refractivity contribution >= 4 is 39.9 Å². The molecule has 0 aliphatic rings. The Kier molecular flexibility index (Phi) is 4.18. The number of hydrogen-bond donors (Lipinski definition) is 0. The lowest BCUT2D eigenvalue weighted by molar-refractivity contribution is 0.766. The van der Waals surface area contributed by atoms with E-state index in [1.807, 2.05) is 44.7 Å². The molecular weight excluding hydrogens is 321 g/mol. The summed E-state index contributed by atoms with van der Waals surface area (Å²) in [5.41, 5.74) is 1.91. The van der Waals surface area contributed by atoms with Crippen LogP contribution in [0.3, 0.4) is 0 Å². The van der Waals surface area contributed by atoms with E-state index in [-0.39, 0.29) is 5.88 Å². The molecule has 2 heterocycles. The van der Waals surface area contributed by atoms with Crippen LogP contribution in [0.1, 0.15) is 11.4 Å². The van der Waals surface area contributed by atoms with Crippen LogP contribution in [0, 0.1) is 0 Å². The van der Waals surface area contributed by atoms with Gasteiger partial charge in [-0.25, -0.2) is 9.97 Å². The summed E-state index contributed by atoms with van der Waals surface area (Å²) in [6.45, 7) is 0.699. The third kappa shape index (κ3) is 3.00. The van der Waals surface area contributed by atoms with E-state index in [0.29, 0.717) is 17.4 Å². The normalized spacial score (nSPS) is 11.1. The van der Waals surface area contributed by atoms with Gasteiger partial charge in [-0.1, -0.05) is 11.6 Å². The molecule has 1 aromatic carbocycles. The number of halogens is 2. The van der Waals surface area contributed by atoms with Crippen molar-refractivity contribution in [3.63, 3.8) is 0 Å². The third-order valence-corrected chi connectivity index (χ3v) is 3.82. The van der Waals surface area contributed by atoms with Crippen molar-refractivity contribution in [3.05, 3.63) is 47.0 Å². The highest BCUT2D eigenvalue weighted by atomic mass is 35.5. The Morgan fingerprint density at radius 2 is 2.09 bits per heavy atom. The maximum Gasteiger partial charge on any atom is 0.146 e. The molecule has 7 heteroatoms. The molecule has 0 saturated carbocycles.